The second-order valence-electron chi connectivity index (χ2n) is 10.8. The molecule has 39 heavy (non-hydrogen) atoms. The van der Waals surface area contributed by atoms with Gasteiger partial charge in [-0.1, -0.05) is 36.4 Å². The highest BCUT2D eigenvalue weighted by Crippen LogP contribution is 2.41. The molecular formula is C32H37FN2O4. The molecule has 2 heterocycles. The van der Waals surface area contributed by atoms with Gasteiger partial charge >= 0.3 is 0 Å². The molecule has 2 N–H and O–H groups in total. The number of halogens is 1. The maximum atomic E-state index is 15.6. The van der Waals surface area contributed by atoms with Crippen LogP contribution in [-0.2, 0) is 27.5 Å². The Kier molecular flexibility index (Phi) is 8.48. The zero-order valence-corrected chi connectivity index (χ0v) is 22.5. The molecule has 0 amide bonds. The number of nitrogens with zero attached hydrogens (tertiary/aromatic N) is 1. The van der Waals surface area contributed by atoms with E-state index in [9.17, 15) is 4.79 Å². The second-order valence-corrected chi connectivity index (χ2v) is 10.8. The maximum Gasteiger partial charge on any atom is 0.293 e. The molecule has 3 aromatic carbocycles. The number of nitrogens with two attached hydrogens (primary N) is 1. The quantitative estimate of drug-likeness (QED) is 0.333. The van der Waals surface area contributed by atoms with E-state index in [0.717, 1.165) is 67.9 Å². The number of hydrogen-bond acceptors (Lipinski definition) is 6. The van der Waals surface area contributed by atoms with Crippen molar-refractivity contribution in [3.05, 3.63) is 83.2 Å². The summed E-state index contributed by atoms with van der Waals surface area (Å²) in [6.45, 7) is 6.24. The lowest BCUT2D eigenvalue weighted by Crippen LogP contribution is -2.44. The first-order chi connectivity index (χ1) is 19.0. The van der Waals surface area contributed by atoms with Crippen LogP contribution < -0.4 is 15.4 Å². The maximum absolute atomic E-state index is 15.6. The number of carbonyl (C=O) groups excluding carboxylic acids is 1. The van der Waals surface area contributed by atoms with Gasteiger partial charge in [0.1, 0.15) is 24.8 Å². The number of ether oxygens (including phenoxy) is 3. The predicted molar refractivity (Wildman–Crippen MR) is 150 cm³/mol. The largest absolute Gasteiger partial charge is 0.488 e. The Balaban J connectivity index is 1.44. The van der Waals surface area contributed by atoms with Gasteiger partial charge in [0.25, 0.3) is 6.47 Å². The van der Waals surface area contributed by atoms with Gasteiger partial charge in [-0.05, 0) is 73.4 Å². The van der Waals surface area contributed by atoms with Crippen LogP contribution in [0.15, 0.2) is 60.7 Å². The van der Waals surface area contributed by atoms with E-state index in [2.05, 4.69) is 17.0 Å². The van der Waals surface area contributed by atoms with Crippen LogP contribution in [0.2, 0.25) is 0 Å². The summed E-state index contributed by atoms with van der Waals surface area (Å²) in [5, 5.41) is 0. The number of hydrogen-bond donors (Lipinski definition) is 1. The highest BCUT2D eigenvalue weighted by Gasteiger charge is 2.36. The standard InChI is InChI=1S/C32H37FN2O4/c1-23(34)28-7-4-8-29(31(28)33)26-16-24(19-39-30-9-3-2-6-25(30)20-38-22-36)17-27(18-26)35-13-11-32(12-14-35)10-5-15-37-21-32/h2-4,6-9,16-18,22-23H,5,10-15,19-21,34H2,1H3. The number of para-hydroxylation sites is 1. The molecule has 2 saturated heterocycles. The molecule has 1 spiro atoms. The van der Waals surface area contributed by atoms with Crippen LogP contribution in [0.25, 0.3) is 11.1 Å². The van der Waals surface area contributed by atoms with Crippen molar-refractivity contribution in [2.24, 2.45) is 11.1 Å². The molecule has 0 saturated carbocycles. The molecule has 3 aromatic rings. The first-order valence-electron chi connectivity index (χ1n) is 13.7. The lowest BCUT2D eigenvalue weighted by molar-refractivity contribution is -0.129. The van der Waals surface area contributed by atoms with E-state index in [1.807, 2.05) is 42.5 Å². The normalized spacial score (nSPS) is 17.6. The summed E-state index contributed by atoms with van der Waals surface area (Å²) in [5.74, 6) is 0.360. The molecule has 6 nitrogen and oxygen atoms in total. The van der Waals surface area contributed by atoms with Crippen molar-refractivity contribution in [2.45, 2.75) is 51.9 Å². The molecule has 206 valence electrons. The summed E-state index contributed by atoms with van der Waals surface area (Å²) in [4.78, 5) is 13.1. The summed E-state index contributed by atoms with van der Waals surface area (Å²) in [6.07, 6.45) is 4.53. The van der Waals surface area contributed by atoms with Crippen LogP contribution in [0.1, 0.15) is 55.3 Å². The number of anilines is 1. The average Bonchev–Trinajstić information content (AvgIpc) is 2.96. The molecule has 1 atom stereocenters. The molecule has 0 aromatic heterocycles. The predicted octanol–water partition coefficient (Wildman–Crippen LogP) is 6.16. The lowest BCUT2D eigenvalue weighted by Gasteiger charge is -2.44. The monoisotopic (exact) mass is 532 g/mol. The molecule has 2 fully saturated rings. The summed E-state index contributed by atoms with van der Waals surface area (Å²) in [6, 6.07) is 18.7. The Hall–Kier alpha value is -3.42. The number of carbonyl (C=O) groups is 1. The van der Waals surface area contributed by atoms with Gasteiger partial charge in [0.2, 0.25) is 0 Å². The third-order valence-electron chi connectivity index (χ3n) is 8.07. The first-order valence-corrected chi connectivity index (χ1v) is 13.7. The summed E-state index contributed by atoms with van der Waals surface area (Å²) >= 11 is 0. The van der Waals surface area contributed by atoms with Gasteiger partial charge in [0, 0.05) is 48.1 Å². The molecule has 0 bridgehead atoms. The fourth-order valence-corrected chi connectivity index (χ4v) is 5.81. The molecule has 0 aliphatic carbocycles. The van der Waals surface area contributed by atoms with Gasteiger partial charge < -0.3 is 24.8 Å². The van der Waals surface area contributed by atoms with Crippen LogP contribution in [0, 0.1) is 11.2 Å². The van der Waals surface area contributed by atoms with Crippen molar-refractivity contribution < 1.29 is 23.4 Å². The molecule has 7 heteroatoms. The van der Waals surface area contributed by atoms with E-state index >= 15 is 4.39 Å². The van der Waals surface area contributed by atoms with E-state index in [1.54, 1.807) is 13.0 Å². The van der Waals surface area contributed by atoms with Crippen LogP contribution in [-0.4, -0.2) is 32.8 Å². The van der Waals surface area contributed by atoms with E-state index in [-0.39, 0.29) is 17.8 Å². The minimum absolute atomic E-state index is 0.138. The van der Waals surface area contributed by atoms with Crippen molar-refractivity contribution in [1.29, 1.82) is 0 Å². The topological polar surface area (TPSA) is 74.0 Å². The third-order valence-corrected chi connectivity index (χ3v) is 8.07. The van der Waals surface area contributed by atoms with Crippen molar-refractivity contribution in [2.75, 3.05) is 31.2 Å². The second kappa shape index (κ2) is 12.2. The average molecular weight is 533 g/mol. The Morgan fingerprint density at radius 3 is 2.64 bits per heavy atom. The molecule has 5 rings (SSSR count). The van der Waals surface area contributed by atoms with Gasteiger partial charge in [0.15, 0.2) is 0 Å². The Bertz CT molecular complexity index is 1280. The van der Waals surface area contributed by atoms with Crippen molar-refractivity contribution in [3.8, 4) is 16.9 Å². The van der Waals surface area contributed by atoms with E-state index in [0.29, 0.717) is 30.0 Å². The van der Waals surface area contributed by atoms with Gasteiger partial charge in [-0.15, -0.1) is 0 Å². The van der Waals surface area contributed by atoms with Gasteiger partial charge in [-0.3, -0.25) is 4.79 Å². The smallest absolute Gasteiger partial charge is 0.293 e. The minimum atomic E-state index is -0.406. The van der Waals surface area contributed by atoms with Crippen molar-refractivity contribution >= 4 is 12.2 Å². The van der Waals surface area contributed by atoms with Crippen LogP contribution in [0.5, 0.6) is 5.75 Å². The number of piperidine rings is 1. The zero-order valence-electron chi connectivity index (χ0n) is 22.5. The number of benzene rings is 3. The fraction of sp³-hybridized carbons (Fsp3) is 0.406. The molecular weight excluding hydrogens is 495 g/mol. The van der Waals surface area contributed by atoms with Gasteiger partial charge in [0.05, 0.1) is 6.61 Å². The van der Waals surface area contributed by atoms with Gasteiger partial charge in [-0.25, -0.2) is 4.39 Å². The Morgan fingerprint density at radius 2 is 1.90 bits per heavy atom. The molecule has 2 aliphatic rings. The Morgan fingerprint density at radius 1 is 1.08 bits per heavy atom. The SMILES string of the molecule is CC(N)c1cccc(-c2cc(COc3ccccc3COC=O)cc(N3CCC4(CCCOC4)CC3)c2)c1F. The summed E-state index contributed by atoms with van der Waals surface area (Å²) in [5.41, 5.74) is 10.9. The third kappa shape index (κ3) is 6.26. The fourth-order valence-electron chi connectivity index (χ4n) is 5.81. The summed E-state index contributed by atoms with van der Waals surface area (Å²) < 4.78 is 32.6. The molecule has 2 aliphatic heterocycles. The van der Waals surface area contributed by atoms with Crippen molar-refractivity contribution in [3.63, 3.8) is 0 Å². The summed E-state index contributed by atoms with van der Waals surface area (Å²) in [7, 11) is 0. The van der Waals surface area contributed by atoms with Crippen LogP contribution >= 0.6 is 0 Å². The molecule has 0 radical (unpaired) electrons. The Labute approximate surface area is 229 Å². The highest BCUT2D eigenvalue weighted by atomic mass is 19.1. The lowest BCUT2D eigenvalue weighted by atomic mass is 9.74. The highest BCUT2D eigenvalue weighted by molar-refractivity contribution is 5.71. The zero-order chi connectivity index (χ0) is 27.2. The number of rotatable bonds is 9. The van der Waals surface area contributed by atoms with Crippen LogP contribution in [0.3, 0.4) is 0 Å². The molecule has 1 unspecified atom stereocenters. The van der Waals surface area contributed by atoms with Crippen LogP contribution in [0.4, 0.5) is 10.1 Å². The van der Waals surface area contributed by atoms with E-state index in [1.165, 1.54) is 6.42 Å². The van der Waals surface area contributed by atoms with E-state index < -0.39 is 6.04 Å². The van der Waals surface area contributed by atoms with E-state index in [4.69, 9.17) is 19.9 Å². The van der Waals surface area contributed by atoms with Gasteiger partial charge in [-0.2, -0.15) is 0 Å². The van der Waals surface area contributed by atoms with Crippen molar-refractivity contribution in [1.82, 2.24) is 0 Å². The minimum Gasteiger partial charge on any atom is -0.488 e. The first kappa shape index (κ1) is 27.2.